The molecule has 1 rings (SSSR count). The van der Waals surface area contributed by atoms with Gasteiger partial charge in [0.2, 0.25) is 0 Å². The molecule has 2 heteroatoms. The molecule has 2 unspecified atom stereocenters. The van der Waals surface area contributed by atoms with Crippen molar-refractivity contribution in [3.05, 3.63) is 0 Å². The minimum Gasteiger partial charge on any atom is -0.376 e. The third kappa shape index (κ3) is 3.97. The molecule has 1 fully saturated rings. The van der Waals surface area contributed by atoms with Crippen molar-refractivity contribution >= 4 is 0 Å². The molecule has 0 amide bonds. The zero-order valence-electron chi connectivity index (χ0n) is 10.1. The maximum atomic E-state index is 5.76. The number of hydrogen-bond donors (Lipinski definition) is 1. The van der Waals surface area contributed by atoms with E-state index in [0.29, 0.717) is 0 Å². The van der Waals surface area contributed by atoms with E-state index in [4.69, 9.17) is 4.74 Å². The standard InChI is InChI=1S/C12H25NO/c1-12(2,3)14-9-8-10-6-5-7-11(10)13-4/h10-11,13H,5-9H2,1-4H3. The van der Waals surface area contributed by atoms with Gasteiger partial charge in [-0.1, -0.05) is 6.42 Å². The Bertz CT molecular complexity index is 162. The first-order valence-electron chi connectivity index (χ1n) is 5.84. The lowest BCUT2D eigenvalue weighted by Gasteiger charge is -2.23. The molecule has 1 aliphatic rings. The summed E-state index contributed by atoms with van der Waals surface area (Å²) in [5.41, 5.74) is 0.0216. The van der Waals surface area contributed by atoms with Gasteiger partial charge in [-0.25, -0.2) is 0 Å². The predicted octanol–water partition coefficient (Wildman–Crippen LogP) is 2.58. The smallest absolute Gasteiger partial charge is 0.0598 e. The summed E-state index contributed by atoms with van der Waals surface area (Å²) in [6.07, 6.45) is 5.31. The van der Waals surface area contributed by atoms with Crippen molar-refractivity contribution in [2.24, 2.45) is 5.92 Å². The minimum atomic E-state index is 0.0216. The van der Waals surface area contributed by atoms with E-state index in [1.54, 1.807) is 0 Å². The van der Waals surface area contributed by atoms with Crippen LogP contribution in [0.25, 0.3) is 0 Å². The molecule has 0 bridgehead atoms. The zero-order valence-corrected chi connectivity index (χ0v) is 10.1. The number of rotatable bonds is 4. The highest BCUT2D eigenvalue weighted by Crippen LogP contribution is 2.28. The second kappa shape index (κ2) is 5.13. The van der Waals surface area contributed by atoms with Crippen LogP contribution in [0.4, 0.5) is 0 Å². The first-order valence-corrected chi connectivity index (χ1v) is 5.84. The molecule has 0 aromatic rings. The van der Waals surface area contributed by atoms with Crippen LogP contribution in [-0.4, -0.2) is 25.3 Å². The normalized spacial score (nSPS) is 28.3. The van der Waals surface area contributed by atoms with Gasteiger partial charge in [-0.3, -0.25) is 0 Å². The molecule has 2 atom stereocenters. The molecule has 0 aromatic heterocycles. The lowest BCUT2D eigenvalue weighted by atomic mass is 10.0. The van der Waals surface area contributed by atoms with Crippen molar-refractivity contribution in [1.82, 2.24) is 5.32 Å². The quantitative estimate of drug-likeness (QED) is 0.751. The fourth-order valence-corrected chi connectivity index (χ4v) is 2.28. The van der Waals surface area contributed by atoms with Gasteiger partial charge in [0.05, 0.1) is 5.60 Å². The summed E-state index contributed by atoms with van der Waals surface area (Å²) < 4.78 is 5.76. The fraction of sp³-hybridized carbons (Fsp3) is 1.00. The van der Waals surface area contributed by atoms with Crippen LogP contribution >= 0.6 is 0 Å². The van der Waals surface area contributed by atoms with Crippen molar-refractivity contribution in [3.8, 4) is 0 Å². The minimum absolute atomic E-state index is 0.0216. The molecule has 0 aliphatic heterocycles. The highest BCUT2D eigenvalue weighted by molar-refractivity contribution is 4.81. The van der Waals surface area contributed by atoms with Gasteiger partial charge in [0.25, 0.3) is 0 Å². The molecular formula is C12H25NO. The summed E-state index contributed by atoms with van der Waals surface area (Å²) in [5, 5.41) is 3.41. The first kappa shape index (κ1) is 12.0. The Hall–Kier alpha value is -0.0800. The van der Waals surface area contributed by atoms with Crippen LogP contribution in [0, 0.1) is 5.92 Å². The van der Waals surface area contributed by atoms with Crippen molar-refractivity contribution in [1.29, 1.82) is 0 Å². The van der Waals surface area contributed by atoms with Gasteiger partial charge in [0, 0.05) is 12.6 Å². The van der Waals surface area contributed by atoms with E-state index in [-0.39, 0.29) is 5.60 Å². The second-order valence-electron chi connectivity index (χ2n) is 5.34. The summed E-state index contributed by atoms with van der Waals surface area (Å²) in [5.74, 6) is 0.836. The Labute approximate surface area is 88.4 Å². The highest BCUT2D eigenvalue weighted by Gasteiger charge is 2.25. The van der Waals surface area contributed by atoms with E-state index < -0.39 is 0 Å². The third-order valence-corrected chi connectivity index (χ3v) is 3.05. The van der Waals surface area contributed by atoms with E-state index in [1.807, 2.05) is 0 Å². The number of ether oxygens (including phenoxy) is 1. The lowest BCUT2D eigenvalue weighted by molar-refractivity contribution is -0.0100. The van der Waals surface area contributed by atoms with Crippen LogP contribution in [0.15, 0.2) is 0 Å². The Morgan fingerprint density at radius 2 is 2.00 bits per heavy atom. The van der Waals surface area contributed by atoms with Gasteiger partial charge in [-0.05, 0) is 53.0 Å². The van der Waals surface area contributed by atoms with E-state index in [0.717, 1.165) is 18.6 Å². The molecule has 0 radical (unpaired) electrons. The molecule has 2 nitrogen and oxygen atoms in total. The maximum absolute atomic E-state index is 5.76. The monoisotopic (exact) mass is 199 g/mol. The van der Waals surface area contributed by atoms with Gasteiger partial charge in [0.1, 0.15) is 0 Å². The molecule has 1 N–H and O–H groups in total. The predicted molar refractivity (Wildman–Crippen MR) is 60.5 cm³/mol. The summed E-state index contributed by atoms with van der Waals surface area (Å²) in [6, 6.07) is 0.735. The van der Waals surface area contributed by atoms with E-state index in [1.165, 1.54) is 25.7 Å². The van der Waals surface area contributed by atoms with Gasteiger partial charge in [0.15, 0.2) is 0 Å². The van der Waals surface area contributed by atoms with Crippen molar-refractivity contribution in [2.75, 3.05) is 13.7 Å². The highest BCUT2D eigenvalue weighted by atomic mass is 16.5. The molecule has 14 heavy (non-hydrogen) atoms. The Kier molecular flexibility index (Phi) is 4.39. The van der Waals surface area contributed by atoms with Gasteiger partial charge >= 0.3 is 0 Å². The van der Waals surface area contributed by atoms with Crippen LogP contribution in [0.1, 0.15) is 46.5 Å². The average Bonchev–Trinajstić information content (AvgIpc) is 2.49. The summed E-state index contributed by atoms with van der Waals surface area (Å²) in [7, 11) is 2.08. The first-order chi connectivity index (χ1) is 6.53. The molecule has 1 aliphatic carbocycles. The van der Waals surface area contributed by atoms with Crippen LogP contribution in [-0.2, 0) is 4.74 Å². The zero-order chi connectivity index (χ0) is 10.6. The van der Waals surface area contributed by atoms with E-state index in [2.05, 4.69) is 33.1 Å². The lowest BCUT2D eigenvalue weighted by Crippen LogP contribution is -2.30. The molecule has 0 saturated heterocycles. The summed E-state index contributed by atoms with van der Waals surface area (Å²) in [6.45, 7) is 7.28. The molecule has 0 spiro atoms. The van der Waals surface area contributed by atoms with Crippen molar-refractivity contribution < 1.29 is 4.74 Å². The summed E-state index contributed by atoms with van der Waals surface area (Å²) >= 11 is 0. The number of hydrogen-bond acceptors (Lipinski definition) is 2. The second-order valence-corrected chi connectivity index (χ2v) is 5.34. The van der Waals surface area contributed by atoms with E-state index in [9.17, 15) is 0 Å². The van der Waals surface area contributed by atoms with Gasteiger partial charge in [-0.15, -0.1) is 0 Å². The maximum Gasteiger partial charge on any atom is 0.0598 e. The molecule has 0 aromatic carbocycles. The largest absolute Gasteiger partial charge is 0.376 e. The number of nitrogens with one attached hydrogen (secondary N) is 1. The van der Waals surface area contributed by atoms with Crippen molar-refractivity contribution in [3.63, 3.8) is 0 Å². The van der Waals surface area contributed by atoms with Gasteiger partial charge in [-0.2, -0.15) is 0 Å². The van der Waals surface area contributed by atoms with Crippen LogP contribution in [0.2, 0.25) is 0 Å². The molecular weight excluding hydrogens is 174 g/mol. The fourth-order valence-electron chi connectivity index (χ4n) is 2.28. The average molecular weight is 199 g/mol. The Balaban J connectivity index is 2.18. The van der Waals surface area contributed by atoms with Crippen molar-refractivity contribution in [2.45, 2.75) is 58.1 Å². The van der Waals surface area contributed by atoms with Crippen LogP contribution < -0.4 is 5.32 Å². The van der Waals surface area contributed by atoms with Crippen LogP contribution in [0.5, 0.6) is 0 Å². The van der Waals surface area contributed by atoms with E-state index >= 15 is 0 Å². The molecule has 0 heterocycles. The van der Waals surface area contributed by atoms with Gasteiger partial charge < -0.3 is 10.1 Å². The summed E-state index contributed by atoms with van der Waals surface area (Å²) in [4.78, 5) is 0. The SMILES string of the molecule is CNC1CCCC1CCOC(C)(C)C. The third-order valence-electron chi connectivity index (χ3n) is 3.05. The molecule has 84 valence electrons. The Morgan fingerprint density at radius 1 is 1.29 bits per heavy atom. The Morgan fingerprint density at radius 3 is 2.57 bits per heavy atom. The molecule has 1 saturated carbocycles. The van der Waals surface area contributed by atoms with Crippen LogP contribution in [0.3, 0.4) is 0 Å². The topological polar surface area (TPSA) is 21.3 Å².